The van der Waals surface area contributed by atoms with Crippen LogP contribution >= 0.6 is 11.6 Å². The molecule has 0 aliphatic rings. The summed E-state index contributed by atoms with van der Waals surface area (Å²) in [6.45, 7) is 0.509. The van der Waals surface area contributed by atoms with Crippen molar-refractivity contribution in [1.29, 1.82) is 0 Å². The molecule has 2 rings (SSSR count). The molecule has 0 atom stereocenters. The first-order chi connectivity index (χ1) is 7.31. The normalized spacial score (nSPS) is 10.5. The molecule has 2 aromatic rings. The number of carbonyl (C=O) groups excluding carboxylic acids is 1. The SMILES string of the molecule is O=C(CCl)NCc1c[nH]c2ccccc12. The number of halogens is 1. The molecule has 0 fully saturated rings. The Bertz CT molecular complexity index is 478. The molecule has 1 amide bonds. The molecule has 0 saturated heterocycles. The summed E-state index contributed by atoms with van der Waals surface area (Å²) in [6.07, 6.45) is 1.90. The van der Waals surface area contributed by atoms with Gasteiger partial charge in [0.1, 0.15) is 5.88 Å². The lowest BCUT2D eigenvalue weighted by Crippen LogP contribution is -2.23. The highest BCUT2D eigenvalue weighted by atomic mass is 35.5. The first kappa shape index (κ1) is 10.1. The van der Waals surface area contributed by atoms with Crippen LogP contribution in [0.2, 0.25) is 0 Å². The standard InChI is InChI=1S/C11H11ClN2O/c12-5-11(15)14-7-8-6-13-10-4-2-1-3-9(8)10/h1-4,6,13H,5,7H2,(H,14,15). The molecule has 0 aliphatic carbocycles. The highest BCUT2D eigenvalue weighted by Crippen LogP contribution is 2.17. The number of aromatic nitrogens is 1. The Morgan fingerprint density at radius 2 is 2.20 bits per heavy atom. The summed E-state index contributed by atoms with van der Waals surface area (Å²) >= 11 is 5.39. The summed E-state index contributed by atoms with van der Waals surface area (Å²) in [5.41, 5.74) is 2.15. The number of carbonyl (C=O) groups is 1. The molecular weight excluding hydrogens is 212 g/mol. The van der Waals surface area contributed by atoms with E-state index in [0.717, 1.165) is 16.5 Å². The van der Waals surface area contributed by atoms with Crippen molar-refractivity contribution in [3.63, 3.8) is 0 Å². The maximum Gasteiger partial charge on any atom is 0.235 e. The summed E-state index contributed by atoms with van der Waals surface area (Å²) in [6, 6.07) is 7.97. The van der Waals surface area contributed by atoms with Crippen molar-refractivity contribution < 1.29 is 4.79 Å². The van der Waals surface area contributed by atoms with E-state index in [1.165, 1.54) is 0 Å². The third-order valence-corrected chi connectivity index (χ3v) is 2.52. The van der Waals surface area contributed by atoms with Crippen molar-refractivity contribution in [2.45, 2.75) is 6.54 Å². The number of fused-ring (bicyclic) bond motifs is 1. The van der Waals surface area contributed by atoms with Gasteiger partial charge in [-0.05, 0) is 11.6 Å². The number of alkyl halides is 1. The summed E-state index contributed by atoms with van der Waals surface area (Å²) in [5, 5.41) is 3.87. The molecule has 1 aromatic heterocycles. The van der Waals surface area contributed by atoms with E-state index < -0.39 is 0 Å². The number of aromatic amines is 1. The minimum atomic E-state index is -0.151. The van der Waals surface area contributed by atoms with Gasteiger partial charge in [-0.1, -0.05) is 18.2 Å². The van der Waals surface area contributed by atoms with Crippen LogP contribution < -0.4 is 5.32 Å². The van der Waals surface area contributed by atoms with Gasteiger partial charge in [-0.25, -0.2) is 0 Å². The fraction of sp³-hybridized carbons (Fsp3) is 0.182. The zero-order valence-electron chi connectivity index (χ0n) is 8.09. The van der Waals surface area contributed by atoms with Gasteiger partial charge in [0.25, 0.3) is 0 Å². The molecule has 3 nitrogen and oxygen atoms in total. The van der Waals surface area contributed by atoms with Gasteiger partial charge in [-0.15, -0.1) is 11.6 Å². The highest BCUT2D eigenvalue weighted by molar-refractivity contribution is 6.27. The Labute approximate surface area is 92.4 Å². The van der Waals surface area contributed by atoms with Gasteiger partial charge in [0.2, 0.25) is 5.91 Å². The predicted octanol–water partition coefficient (Wildman–Crippen LogP) is 2.02. The average molecular weight is 223 g/mol. The Morgan fingerprint density at radius 1 is 1.40 bits per heavy atom. The molecular formula is C11H11ClN2O. The van der Waals surface area contributed by atoms with Gasteiger partial charge in [0, 0.05) is 23.6 Å². The van der Waals surface area contributed by atoms with Crippen molar-refractivity contribution in [3.8, 4) is 0 Å². The third-order valence-electron chi connectivity index (χ3n) is 2.27. The zero-order valence-corrected chi connectivity index (χ0v) is 8.84. The van der Waals surface area contributed by atoms with Crippen LogP contribution in [-0.4, -0.2) is 16.8 Å². The molecule has 0 radical (unpaired) electrons. The maximum atomic E-state index is 11.0. The Hall–Kier alpha value is -1.48. The second kappa shape index (κ2) is 4.36. The minimum Gasteiger partial charge on any atom is -0.361 e. The average Bonchev–Trinajstić information content (AvgIpc) is 2.69. The predicted molar refractivity (Wildman–Crippen MR) is 60.9 cm³/mol. The molecule has 15 heavy (non-hydrogen) atoms. The summed E-state index contributed by atoms with van der Waals surface area (Å²) in [4.78, 5) is 14.1. The lowest BCUT2D eigenvalue weighted by Gasteiger charge is -2.00. The molecule has 2 N–H and O–H groups in total. The molecule has 0 saturated carbocycles. The quantitative estimate of drug-likeness (QED) is 0.767. The maximum absolute atomic E-state index is 11.0. The minimum absolute atomic E-state index is 0.00234. The van der Waals surface area contributed by atoms with Crippen LogP contribution in [0.25, 0.3) is 10.9 Å². The summed E-state index contributed by atoms with van der Waals surface area (Å²) in [7, 11) is 0. The van der Waals surface area contributed by atoms with Crippen LogP contribution in [0.1, 0.15) is 5.56 Å². The van der Waals surface area contributed by atoms with E-state index in [-0.39, 0.29) is 11.8 Å². The molecule has 4 heteroatoms. The first-order valence-corrected chi connectivity index (χ1v) is 5.22. The van der Waals surface area contributed by atoms with Crippen molar-refractivity contribution in [2.24, 2.45) is 0 Å². The monoisotopic (exact) mass is 222 g/mol. The largest absolute Gasteiger partial charge is 0.361 e. The fourth-order valence-corrected chi connectivity index (χ4v) is 1.61. The molecule has 0 unspecified atom stereocenters. The summed E-state index contributed by atoms with van der Waals surface area (Å²) in [5.74, 6) is -0.149. The molecule has 1 heterocycles. The molecule has 0 bridgehead atoms. The molecule has 0 spiro atoms. The van der Waals surface area contributed by atoms with Crippen LogP contribution in [0, 0.1) is 0 Å². The van der Waals surface area contributed by atoms with Crippen molar-refractivity contribution >= 4 is 28.4 Å². The van der Waals surface area contributed by atoms with E-state index >= 15 is 0 Å². The second-order valence-electron chi connectivity index (χ2n) is 3.27. The van der Waals surface area contributed by atoms with Crippen molar-refractivity contribution in [2.75, 3.05) is 5.88 Å². The second-order valence-corrected chi connectivity index (χ2v) is 3.54. The lowest BCUT2D eigenvalue weighted by atomic mass is 10.2. The number of amides is 1. The summed E-state index contributed by atoms with van der Waals surface area (Å²) < 4.78 is 0. The van der Waals surface area contributed by atoms with Crippen LogP contribution in [-0.2, 0) is 11.3 Å². The van der Waals surface area contributed by atoms with E-state index in [1.54, 1.807) is 0 Å². The molecule has 1 aromatic carbocycles. The Balaban J connectivity index is 2.18. The van der Waals surface area contributed by atoms with Crippen LogP contribution in [0.15, 0.2) is 30.5 Å². The van der Waals surface area contributed by atoms with Gasteiger partial charge < -0.3 is 10.3 Å². The van der Waals surface area contributed by atoms with E-state index in [4.69, 9.17) is 11.6 Å². The number of rotatable bonds is 3. The Morgan fingerprint density at radius 3 is 3.00 bits per heavy atom. The smallest absolute Gasteiger partial charge is 0.235 e. The van der Waals surface area contributed by atoms with Crippen LogP contribution in [0.4, 0.5) is 0 Å². The van der Waals surface area contributed by atoms with Crippen molar-refractivity contribution in [3.05, 3.63) is 36.0 Å². The highest BCUT2D eigenvalue weighted by Gasteiger charge is 2.03. The lowest BCUT2D eigenvalue weighted by molar-refractivity contribution is -0.118. The number of nitrogens with one attached hydrogen (secondary N) is 2. The first-order valence-electron chi connectivity index (χ1n) is 4.69. The number of hydrogen-bond acceptors (Lipinski definition) is 1. The van der Waals surface area contributed by atoms with E-state index in [2.05, 4.69) is 10.3 Å². The van der Waals surface area contributed by atoms with Crippen LogP contribution in [0.5, 0.6) is 0 Å². The van der Waals surface area contributed by atoms with Gasteiger partial charge in [0.05, 0.1) is 0 Å². The number of para-hydroxylation sites is 1. The topological polar surface area (TPSA) is 44.9 Å². The fourth-order valence-electron chi connectivity index (χ4n) is 1.52. The third kappa shape index (κ3) is 2.13. The van der Waals surface area contributed by atoms with Crippen LogP contribution in [0.3, 0.4) is 0 Å². The van der Waals surface area contributed by atoms with Gasteiger partial charge in [0.15, 0.2) is 0 Å². The molecule has 0 aliphatic heterocycles. The number of hydrogen-bond donors (Lipinski definition) is 2. The van der Waals surface area contributed by atoms with Crippen molar-refractivity contribution in [1.82, 2.24) is 10.3 Å². The van der Waals surface area contributed by atoms with E-state index in [0.29, 0.717) is 6.54 Å². The molecule has 78 valence electrons. The van der Waals surface area contributed by atoms with Gasteiger partial charge >= 0.3 is 0 Å². The van der Waals surface area contributed by atoms with E-state index in [9.17, 15) is 4.79 Å². The number of H-pyrrole nitrogens is 1. The Kier molecular flexibility index (Phi) is 2.92. The van der Waals surface area contributed by atoms with E-state index in [1.807, 2.05) is 30.5 Å². The zero-order chi connectivity index (χ0) is 10.7. The van der Waals surface area contributed by atoms with Gasteiger partial charge in [-0.2, -0.15) is 0 Å². The van der Waals surface area contributed by atoms with Gasteiger partial charge in [-0.3, -0.25) is 4.79 Å². The number of benzene rings is 1.